The highest BCUT2D eigenvalue weighted by Crippen LogP contribution is 2.25. The molecule has 1 saturated carbocycles. The highest BCUT2D eigenvalue weighted by atomic mass is 79.9. The number of nitrogens with one attached hydrogen (secondary N) is 2. The minimum atomic E-state index is -3.62. The van der Waals surface area contributed by atoms with Gasteiger partial charge in [-0.3, -0.25) is 4.79 Å². The number of carbonyl (C=O) groups is 1. The number of amides is 1. The van der Waals surface area contributed by atoms with Gasteiger partial charge < -0.3 is 5.32 Å². The van der Waals surface area contributed by atoms with Crippen molar-refractivity contribution < 1.29 is 13.2 Å². The average molecular weight is 494 g/mol. The molecule has 9 heteroatoms. The van der Waals surface area contributed by atoms with E-state index in [0.717, 1.165) is 18.4 Å². The molecule has 29 heavy (non-hydrogen) atoms. The largest absolute Gasteiger partial charge is 0.351 e. The second kappa shape index (κ2) is 9.76. The van der Waals surface area contributed by atoms with Crippen molar-refractivity contribution in [3.63, 3.8) is 0 Å². The summed E-state index contributed by atoms with van der Waals surface area (Å²) in [4.78, 5) is 12.6. The van der Waals surface area contributed by atoms with Crippen LogP contribution in [0.3, 0.4) is 0 Å². The van der Waals surface area contributed by atoms with Crippen LogP contribution >= 0.6 is 27.7 Å². The summed E-state index contributed by atoms with van der Waals surface area (Å²) >= 11 is 4.93. The number of sulfonamides is 1. The van der Waals surface area contributed by atoms with E-state index in [-0.39, 0.29) is 22.4 Å². The van der Waals surface area contributed by atoms with Gasteiger partial charge in [0.15, 0.2) is 0 Å². The molecule has 3 rings (SSSR count). The summed E-state index contributed by atoms with van der Waals surface area (Å²) in [7, 11) is -3.62. The van der Waals surface area contributed by atoms with Gasteiger partial charge in [0, 0.05) is 28.6 Å². The first-order valence-electron chi connectivity index (χ1n) is 9.06. The maximum Gasteiger partial charge on any atom is 0.252 e. The lowest BCUT2D eigenvalue weighted by molar-refractivity contribution is 0.0955. The minimum absolute atomic E-state index is 0.00381. The van der Waals surface area contributed by atoms with Crippen LogP contribution in [0.4, 0.5) is 0 Å². The third kappa shape index (κ3) is 6.06. The van der Waals surface area contributed by atoms with E-state index in [0.29, 0.717) is 28.1 Å². The Morgan fingerprint density at radius 2 is 2.00 bits per heavy atom. The topological polar surface area (TPSA) is 99.1 Å². The molecule has 0 bridgehead atoms. The Bertz CT molecular complexity index is 1050. The molecule has 0 saturated heterocycles. The number of halogens is 1. The molecule has 1 aliphatic carbocycles. The fourth-order valence-corrected chi connectivity index (χ4v) is 5.22. The molecule has 0 atom stereocenters. The standard InChI is InChI=1S/C20H20BrN3O3S2/c21-19-8-7-17(29(26,27)24-16-5-6-16)11-18(19)20(25)23-9-10-28-13-15-4-2-1-3-14(15)12-22/h1-4,7-8,11,16,24H,5-6,9-10,13H2,(H,23,25). The van der Waals surface area contributed by atoms with Gasteiger partial charge in [0.2, 0.25) is 10.0 Å². The number of benzene rings is 2. The second-order valence-corrected chi connectivity index (χ2v) is 10.3. The number of nitriles is 1. The van der Waals surface area contributed by atoms with Crippen LogP contribution in [0.2, 0.25) is 0 Å². The maximum atomic E-state index is 12.5. The minimum Gasteiger partial charge on any atom is -0.351 e. The summed E-state index contributed by atoms with van der Waals surface area (Å²) in [5.41, 5.74) is 1.91. The molecule has 1 aliphatic rings. The SMILES string of the molecule is N#Cc1ccccc1CSCCNC(=O)c1cc(S(=O)(=O)NC2CC2)ccc1Br. The van der Waals surface area contributed by atoms with Crippen molar-refractivity contribution in [2.75, 3.05) is 12.3 Å². The summed E-state index contributed by atoms with van der Waals surface area (Å²) in [6.45, 7) is 0.433. The quantitative estimate of drug-likeness (QED) is 0.521. The first-order valence-corrected chi connectivity index (χ1v) is 12.5. The molecule has 6 nitrogen and oxygen atoms in total. The number of rotatable bonds is 9. The van der Waals surface area contributed by atoms with Gasteiger partial charge in [0.25, 0.3) is 5.91 Å². The van der Waals surface area contributed by atoms with E-state index in [1.54, 1.807) is 23.9 Å². The molecular weight excluding hydrogens is 474 g/mol. The van der Waals surface area contributed by atoms with Gasteiger partial charge in [-0.15, -0.1) is 0 Å². The van der Waals surface area contributed by atoms with Crippen molar-refractivity contribution in [1.29, 1.82) is 5.26 Å². The molecule has 2 N–H and O–H groups in total. The fraction of sp³-hybridized carbons (Fsp3) is 0.300. The third-order valence-corrected chi connectivity index (χ3v) is 7.54. The lowest BCUT2D eigenvalue weighted by Crippen LogP contribution is -2.28. The zero-order valence-electron chi connectivity index (χ0n) is 15.5. The smallest absolute Gasteiger partial charge is 0.252 e. The third-order valence-electron chi connectivity index (χ3n) is 4.32. The Hall–Kier alpha value is -1.86. The average Bonchev–Trinajstić information content (AvgIpc) is 3.51. The van der Waals surface area contributed by atoms with Crippen molar-refractivity contribution in [2.45, 2.75) is 29.5 Å². The van der Waals surface area contributed by atoms with E-state index in [1.165, 1.54) is 12.1 Å². The van der Waals surface area contributed by atoms with Crippen molar-refractivity contribution in [2.24, 2.45) is 0 Å². The van der Waals surface area contributed by atoms with Crippen LogP contribution in [-0.4, -0.2) is 32.7 Å². The van der Waals surface area contributed by atoms with E-state index < -0.39 is 10.0 Å². The van der Waals surface area contributed by atoms with Crippen LogP contribution in [-0.2, 0) is 15.8 Å². The highest BCUT2D eigenvalue weighted by Gasteiger charge is 2.28. The summed E-state index contributed by atoms with van der Waals surface area (Å²) in [6, 6.07) is 14.1. The highest BCUT2D eigenvalue weighted by molar-refractivity contribution is 9.10. The summed E-state index contributed by atoms with van der Waals surface area (Å²) in [5, 5.41) is 11.9. The molecule has 0 heterocycles. The molecule has 152 valence electrons. The molecule has 1 fully saturated rings. The first kappa shape index (κ1) is 21.8. The number of hydrogen-bond acceptors (Lipinski definition) is 5. The van der Waals surface area contributed by atoms with Gasteiger partial charge >= 0.3 is 0 Å². The summed E-state index contributed by atoms with van der Waals surface area (Å²) < 4.78 is 27.9. The lowest BCUT2D eigenvalue weighted by Gasteiger charge is -2.10. The van der Waals surface area contributed by atoms with E-state index in [1.807, 2.05) is 18.2 Å². The van der Waals surface area contributed by atoms with Crippen LogP contribution in [0.1, 0.15) is 34.3 Å². The zero-order valence-corrected chi connectivity index (χ0v) is 18.7. The predicted molar refractivity (Wildman–Crippen MR) is 117 cm³/mol. The Kier molecular flexibility index (Phi) is 7.35. The summed E-state index contributed by atoms with van der Waals surface area (Å²) in [5.74, 6) is 1.02. The normalized spacial score (nSPS) is 13.7. The molecule has 0 spiro atoms. The molecule has 0 radical (unpaired) electrons. The van der Waals surface area contributed by atoms with Crippen molar-refractivity contribution >= 4 is 43.6 Å². The van der Waals surface area contributed by atoms with E-state index in [2.05, 4.69) is 32.0 Å². The van der Waals surface area contributed by atoms with Crippen LogP contribution in [0.15, 0.2) is 51.8 Å². The number of nitrogens with zero attached hydrogens (tertiary/aromatic N) is 1. The molecular formula is C20H20BrN3O3S2. The van der Waals surface area contributed by atoms with E-state index in [4.69, 9.17) is 5.26 Å². The lowest BCUT2D eigenvalue weighted by atomic mass is 10.1. The number of hydrogen-bond donors (Lipinski definition) is 2. The van der Waals surface area contributed by atoms with E-state index >= 15 is 0 Å². The molecule has 0 unspecified atom stereocenters. The van der Waals surface area contributed by atoms with Crippen LogP contribution in [0.25, 0.3) is 0 Å². The second-order valence-electron chi connectivity index (χ2n) is 6.61. The van der Waals surface area contributed by atoms with Crippen molar-refractivity contribution in [3.05, 3.63) is 63.6 Å². The summed E-state index contributed by atoms with van der Waals surface area (Å²) in [6.07, 6.45) is 1.69. The van der Waals surface area contributed by atoms with Gasteiger partial charge in [0.05, 0.1) is 22.1 Å². The monoisotopic (exact) mass is 493 g/mol. The Morgan fingerprint density at radius 1 is 1.24 bits per heavy atom. The Labute approximate surface area is 183 Å². The van der Waals surface area contributed by atoms with Gasteiger partial charge in [-0.05, 0) is 58.6 Å². The van der Waals surface area contributed by atoms with Crippen LogP contribution in [0.5, 0.6) is 0 Å². The van der Waals surface area contributed by atoms with Gasteiger partial charge in [-0.25, -0.2) is 13.1 Å². The fourth-order valence-electron chi connectivity index (χ4n) is 2.60. The molecule has 0 aliphatic heterocycles. The van der Waals surface area contributed by atoms with Gasteiger partial charge in [-0.2, -0.15) is 17.0 Å². The Morgan fingerprint density at radius 3 is 2.72 bits per heavy atom. The van der Waals surface area contributed by atoms with Gasteiger partial charge in [-0.1, -0.05) is 18.2 Å². The Balaban J connectivity index is 1.54. The van der Waals surface area contributed by atoms with Crippen molar-refractivity contribution in [1.82, 2.24) is 10.0 Å². The van der Waals surface area contributed by atoms with E-state index in [9.17, 15) is 13.2 Å². The van der Waals surface area contributed by atoms with Gasteiger partial charge in [0.1, 0.15) is 0 Å². The molecule has 0 aromatic heterocycles. The molecule has 2 aromatic rings. The predicted octanol–water partition coefficient (Wildman–Crippen LogP) is 3.42. The first-order chi connectivity index (χ1) is 13.9. The van der Waals surface area contributed by atoms with Crippen LogP contribution in [0, 0.1) is 11.3 Å². The molecule has 1 amide bonds. The molecule has 2 aromatic carbocycles. The van der Waals surface area contributed by atoms with Crippen LogP contribution < -0.4 is 10.0 Å². The number of thioether (sulfide) groups is 1. The number of carbonyl (C=O) groups excluding carboxylic acids is 1. The zero-order chi connectivity index (χ0) is 20.9. The van der Waals surface area contributed by atoms with Crippen molar-refractivity contribution in [3.8, 4) is 6.07 Å². The maximum absolute atomic E-state index is 12.5.